The van der Waals surface area contributed by atoms with Gasteiger partial charge in [-0.25, -0.2) is 9.37 Å². The van der Waals surface area contributed by atoms with E-state index in [0.717, 1.165) is 11.0 Å². The highest BCUT2D eigenvalue weighted by Gasteiger charge is 2.07. The summed E-state index contributed by atoms with van der Waals surface area (Å²) < 4.78 is 13.2. The lowest BCUT2D eigenvalue weighted by atomic mass is 10.2. The molecular weight excluding hydrogens is 219 g/mol. The van der Waals surface area contributed by atoms with E-state index in [1.165, 1.54) is 12.1 Å². The normalized spacial score (nSPS) is 10.9. The molecule has 0 aliphatic heterocycles. The fourth-order valence-electron chi connectivity index (χ4n) is 1.74. The van der Waals surface area contributed by atoms with Crippen molar-refractivity contribution in [1.82, 2.24) is 9.97 Å². The highest BCUT2D eigenvalue weighted by atomic mass is 19.1. The van der Waals surface area contributed by atoms with Crippen molar-refractivity contribution >= 4 is 11.0 Å². The monoisotopic (exact) mass is 228 g/mol. The van der Waals surface area contributed by atoms with Gasteiger partial charge in [0.25, 0.3) is 0 Å². The molecule has 0 fully saturated rings. The standard InChI is InChI=1S/C13H9FN2O/c14-9-7-8(5-6-12(9)17)13-15-10-3-1-2-4-11(10)16-13/h1-7,17H,(H,15,16). The Morgan fingerprint density at radius 2 is 1.94 bits per heavy atom. The van der Waals surface area contributed by atoms with E-state index in [0.29, 0.717) is 11.4 Å². The molecule has 2 aromatic carbocycles. The van der Waals surface area contributed by atoms with Gasteiger partial charge in [-0.3, -0.25) is 0 Å². The number of aromatic amines is 1. The van der Waals surface area contributed by atoms with Crippen LogP contribution >= 0.6 is 0 Å². The van der Waals surface area contributed by atoms with Crippen LogP contribution in [0.2, 0.25) is 0 Å². The number of hydrogen-bond acceptors (Lipinski definition) is 2. The Morgan fingerprint density at radius 3 is 2.71 bits per heavy atom. The summed E-state index contributed by atoms with van der Waals surface area (Å²) in [5.41, 5.74) is 2.34. The van der Waals surface area contributed by atoms with Gasteiger partial charge < -0.3 is 10.1 Å². The number of benzene rings is 2. The van der Waals surface area contributed by atoms with Crippen LogP contribution in [-0.2, 0) is 0 Å². The molecule has 0 aliphatic carbocycles. The van der Waals surface area contributed by atoms with Gasteiger partial charge in [-0.05, 0) is 30.3 Å². The molecule has 0 radical (unpaired) electrons. The Labute approximate surface area is 96.6 Å². The van der Waals surface area contributed by atoms with Gasteiger partial charge in [-0.1, -0.05) is 12.1 Å². The van der Waals surface area contributed by atoms with Crippen LogP contribution in [-0.4, -0.2) is 15.1 Å². The number of phenols is 1. The van der Waals surface area contributed by atoms with Crippen LogP contribution in [0.3, 0.4) is 0 Å². The minimum atomic E-state index is -0.650. The SMILES string of the molecule is Oc1ccc(-c2nc3ccccc3[nH]2)cc1F. The van der Waals surface area contributed by atoms with Crippen LogP contribution in [0.15, 0.2) is 42.5 Å². The number of H-pyrrole nitrogens is 1. The molecule has 2 N–H and O–H groups in total. The first kappa shape index (κ1) is 9.84. The summed E-state index contributed by atoms with van der Waals surface area (Å²) in [6.07, 6.45) is 0. The van der Waals surface area contributed by atoms with Crippen LogP contribution in [0.5, 0.6) is 5.75 Å². The van der Waals surface area contributed by atoms with E-state index in [2.05, 4.69) is 9.97 Å². The Balaban J connectivity index is 2.17. The number of para-hydroxylation sites is 2. The highest BCUT2D eigenvalue weighted by molar-refractivity contribution is 5.79. The zero-order chi connectivity index (χ0) is 11.8. The Morgan fingerprint density at radius 1 is 1.12 bits per heavy atom. The Bertz CT molecular complexity index is 658. The van der Waals surface area contributed by atoms with Crippen LogP contribution < -0.4 is 0 Å². The fraction of sp³-hybridized carbons (Fsp3) is 0. The molecular formula is C13H9FN2O. The zero-order valence-electron chi connectivity index (χ0n) is 8.81. The molecule has 0 unspecified atom stereocenters. The molecule has 0 saturated heterocycles. The first-order chi connectivity index (χ1) is 8.24. The molecule has 17 heavy (non-hydrogen) atoms. The van der Waals surface area contributed by atoms with Gasteiger partial charge in [0.15, 0.2) is 11.6 Å². The molecule has 0 amide bonds. The molecule has 0 saturated carbocycles. The predicted molar refractivity (Wildman–Crippen MR) is 63.2 cm³/mol. The molecule has 3 rings (SSSR count). The quantitative estimate of drug-likeness (QED) is 0.672. The number of rotatable bonds is 1. The molecule has 3 nitrogen and oxygen atoms in total. The first-order valence-electron chi connectivity index (χ1n) is 5.18. The maximum absolute atomic E-state index is 13.2. The molecule has 0 atom stereocenters. The topological polar surface area (TPSA) is 48.9 Å². The largest absolute Gasteiger partial charge is 0.505 e. The van der Waals surface area contributed by atoms with E-state index < -0.39 is 5.82 Å². The van der Waals surface area contributed by atoms with Gasteiger partial charge in [0.1, 0.15) is 5.82 Å². The minimum Gasteiger partial charge on any atom is -0.505 e. The molecule has 1 heterocycles. The van der Waals surface area contributed by atoms with E-state index in [-0.39, 0.29) is 5.75 Å². The number of aromatic nitrogens is 2. The molecule has 3 aromatic rings. The summed E-state index contributed by atoms with van der Waals surface area (Å²) in [6, 6.07) is 11.8. The van der Waals surface area contributed by atoms with Crippen molar-refractivity contribution < 1.29 is 9.50 Å². The maximum atomic E-state index is 13.2. The average Bonchev–Trinajstić information content (AvgIpc) is 2.76. The fourth-order valence-corrected chi connectivity index (χ4v) is 1.74. The number of imidazole rings is 1. The second-order valence-electron chi connectivity index (χ2n) is 3.77. The van der Waals surface area contributed by atoms with Crippen molar-refractivity contribution in [1.29, 1.82) is 0 Å². The molecule has 1 aromatic heterocycles. The van der Waals surface area contributed by atoms with E-state index in [1.54, 1.807) is 6.07 Å². The second-order valence-corrected chi connectivity index (χ2v) is 3.77. The number of aromatic hydroxyl groups is 1. The molecule has 84 valence electrons. The molecule has 0 spiro atoms. The number of halogens is 1. The minimum absolute atomic E-state index is 0.357. The van der Waals surface area contributed by atoms with E-state index in [1.807, 2.05) is 24.3 Å². The van der Waals surface area contributed by atoms with Gasteiger partial charge in [0.05, 0.1) is 11.0 Å². The molecule has 0 aliphatic rings. The zero-order valence-corrected chi connectivity index (χ0v) is 8.81. The summed E-state index contributed by atoms with van der Waals surface area (Å²) >= 11 is 0. The number of nitrogens with zero attached hydrogens (tertiary/aromatic N) is 1. The summed E-state index contributed by atoms with van der Waals surface area (Å²) in [6.45, 7) is 0. The van der Waals surface area contributed by atoms with E-state index in [9.17, 15) is 4.39 Å². The third-order valence-corrected chi connectivity index (χ3v) is 2.61. The van der Waals surface area contributed by atoms with Crippen molar-refractivity contribution in [3.63, 3.8) is 0 Å². The lowest BCUT2D eigenvalue weighted by Gasteiger charge is -1.98. The third kappa shape index (κ3) is 1.63. The van der Waals surface area contributed by atoms with Crippen molar-refractivity contribution in [2.24, 2.45) is 0 Å². The lowest BCUT2D eigenvalue weighted by Crippen LogP contribution is -1.82. The van der Waals surface area contributed by atoms with Gasteiger partial charge in [0, 0.05) is 5.56 Å². The van der Waals surface area contributed by atoms with E-state index >= 15 is 0 Å². The highest BCUT2D eigenvalue weighted by Crippen LogP contribution is 2.24. The number of fused-ring (bicyclic) bond motifs is 1. The van der Waals surface area contributed by atoms with E-state index in [4.69, 9.17) is 5.11 Å². The summed E-state index contributed by atoms with van der Waals surface area (Å²) in [5.74, 6) is -0.419. The lowest BCUT2D eigenvalue weighted by molar-refractivity contribution is 0.432. The smallest absolute Gasteiger partial charge is 0.165 e. The number of hydrogen-bond donors (Lipinski definition) is 2. The van der Waals surface area contributed by atoms with Crippen LogP contribution in [0.1, 0.15) is 0 Å². The van der Waals surface area contributed by atoms with Crippen molar-refractivity contribution in [2.75, 3.05) is 0 Å². The van der Waals surface area contributed by atoms with Crippen LogP contribution in [0, 0.1) is 5.82 Å². The second kappa shape index (κ2) is 3.59. The number of nitrogens with one attached hydrogen (secondary N) is 1. The van der Waals surface area contributed by atoms with Gasteiger partial charge in [0.2, 0.25) is 0 Å². The van der Waals surface area contributed by atoms with Crippen molar-refractivity contribution in [3.05, 3.63) is 48.3 Å². The summed E-state index contributed by atoms with van der Waals surface area (Å²) in [5, 5.41) is 9.12. The molecule has 0 bridgehead atoms. The van der Waals surface area contributed by atoms with Crippen LogP contribution in [0.25, 0.3) is 22.4 Å². The third-order valence-electron chi connectivity index (χ3n) is 2.61. The Hall–Kier alpha value is -2.36. The first-order valence-corrected chi connectivity index (χ1v) is 5.18. The maximum Gasteiger partial charge on any atom is 0.165 e. The Kier molecular flexibility index (Phi) is 2.08. The van der Waals surface area contributed by atoms with Gasteiger partial charge in [-0.15, -0.1) is 0 Å². The molecule has 4 heteroatoms. The van der Waals surface area contributed by atoms with Crippen molar-refractivity contribution in [3.8, 4) is 17.1 Å². The number of phenolic OH excluding ortho intramolecular Hbond substituents is 1. The predicted octanol–water partition coefficient (Wildman–Crippen LogP) is 3.07. The van der Waals surface area contributed by atoms with Crippen LogP contribution in [0.4, 0.5) is 4.39 Å². The van der Waals surface area contributed by atoms with Crippen molar-refractivity contribution in [2.45, 2.75) is 0 Å². The summed E-state index contributed by atoms with van der Waals surface area (Å²) in [7, 11) is 0. The average molecular weight is 228 g/mol. The van der Waals surface area contributed by atoms with Gasteiger partial charge in [-0.2, -0.15) is 0 Å². The summed E-state index contributed by atoms with van der Waals surface area (Å²) in [4.78, 5) is 7.45. The van der Waals surface area contributed by atoms with Gasteiger partial charge >= 0.3 is 0 Å².